The van der Waals surface area contributed by atoms with E-state index in [-0.39, 0.29) is 5.02 Å². The summed E-state index contributed by atoms with van der Waals surface area (Å²) in [5, 5.41) is 12.0. The molecule has 1 aromatic rings. The number of halogens is 3. The average molecular weight is 337 g/mol. The van der Waals surface area contributed by atoms with E-state index in [1.807, 2.05) is 0 Å². The number of aliphatic carboxylic acids is 1. The number of carboxylic acids is 1. The highest BCUT2D eigenvalue weighted by atomic mass is 79.9. The molecule has 18 heavy (non-hydrogen) atoms. The monoisotopic (exact) mass is 335 g/mol. The summed E-state index contributed by atoms with van der Waals surface area (Å²) >= 11 is 9.06. The molecule has 2 N–H and O–H groups in total. The van der Waals surface area contributed by atoms with Gasteiger partial charge in [-0.05, 0) is 34.5 Å². The highest BCUT2D eigenvalue weighted by Crippen LogP contribution is 2.31. The normalized spacial score (nSPS) is 11.4. The highest BCUT2D eigenvalue weighted by Gasteiger charge is 2.08. The zero-order chi connectivity index (χ0) is 13.7. The Balaban J connectivity index is 2.78. The molecule has 0 atom stereocenters. The van der Waals surface area contributed by atoms with Crippen molar-refractivity contribution in [2.45, 2.75) is 13.3 Å². The Morgan fingerprint density at radius 1 is 1.61 bits per heavy atom. The number of carboxylic acid groups (broad SMARTS) is 1. The Morgan fingerprint density at radius 2 is 2.28 bits per heavy atom. The molecule has 0 bridgehead atoms. The molecule has 0 heterocycles. The quantitative estimate of drug-likeness (QED) is 0.797. The van der Waals surface area contributed by atoms with Gasteiger partial charge in [0.25, 0.3) is 0 Å². The maximum Gasteiger partial charge on any atom is 0.331 e. The standard InChI is InChI=1S/C12H12BrClFNO2/c1-2-7(12(17)18)3-4-16-11-9(13)5-8(15)6-10(11)14/h3,5-6,16H,2,4H2,1H3,(H,17,18). The van der Waals surface area contributed by atoms with E-state index in [0.29, 0.717) is 28.7 Å². The van der Waals surface area contributed by atoms with Crippen molar-refractivity contribution in [2.75, 3.05) is 11.9 Å². The zero-order valence-electron chi connectivity index (χ0n) is 9.64. The molecular weight excluding hydrogens is 324 g/mol. The zero-order valence-corrected chi connectivity index (χ0v) is 12.0. The fraction of sp³-hybridized carbons (Fsp3) is 0.250. The summed E-state index contributed by atoms with van der Waals surface area (Å²) in [6, 6.07) is 2.48. The Morgan fingerprint density at radius 3 is 2.78 bits per heavy atom. The minimum absolute atomic E-state index is 0.239. The van der Waals surface area contributed by atoms with Crippen molar-refractivity contribution in [3.05, 3.63) is 39.1 Å². The molecule has 0 spiro atoms. The van der Waals surface area contributed by atoms with Crippen LogP contribution in [0.4, 0.5) is 10.1 Å². The summed E-state index contributed by atoms with van der Waals surface area (Å²) in [4.78, 5) is 10.8. The van der Waals surface area contributed by atoms with Crippen LogP contribution in [-0.2, 0) is 4.79 Å². The van der Waals surface area contributed by atoms with Crippen molar-refractivity contribution in [2.24, 2.45) is 0 Å². The third-order valence-corrected chi connectivity index (χ3v) is 3.21. The number of rotatable bonds is 5. The van der Waals surface area contributed by atoms with Crippen molar-refractivity contribution in [3.8, 4) is 0 Å². The molecule has 0 saturated heterocycles. The maximum atomic E-state index is 13.0. The largest absolute Gasteiger partial charge is 0.478 e. The molecular formula is C12H12BrClFNO2. The lowest BCUT2D eigenvalue weighted by atomic mass is 10.2. The van der Waals surface area contributed by atoms with E-state index in [1.165, 1.54) is 12.1 Å². The van der Waals surface area contributed by atoms with Gasteiger partial charge in [-0.2, -0.15) is 0 Å². The minimum Gasteiger partial charge on any atom is -0.478 e. The van der Waals surface area contributed by atoms with Gasteiger partial charge >= 0.3 is 5.97 Å². The molecule has 1 aromatic carbocycles. The second-order valence-corrected chi connectivity index (χ2v) is 4.77. The lowest BCUT2D eigenvalue weighted by Crippen LogP contribution is -2.05. The molecule has 0 fully saturated rings. The maximum absolute atomic E-state index is 13.0. The smallest absolute Gasteiger partial charge is 0.331 e. The van der Waals surface area contributed by atoms with Gasteiger partial charge in [-0.1, -0.05) is 24.6 Å². The lowest BCUT2D eigenvalue weighted by Gasteiger charge is -2.09. The van der Waals surface area contributed by atoms with E-state index < -0.39 is 11.8 Å². The van der Waals surface area contributed by atoms with Crippen LogP contribution in [0.2, 0.25) is 5.02 Å². The molecule has 0 aromatic heterocycles. The van der Waals surface area contributed by atoms with Gasteiger partial charge in [-0.25, -0.2) is 9.18 Å². The van der Waals surface area contributed by atoms with Crippen LogP contribution < -0.4 is 5.32 Å². The number of hydrogen-bond donors (Lipinski definition) is 2. The van der Waals surface area contributed by atoms with E-state index in [0.717, 1.165) is 0 Å². The van der Waals surface area contributed by atoms with Crippen molar-refractivity contribution in [1.82, 2.24) is 0 Å². The molecule has 1 rings (SSSR count). The van der Waals surface area contributed by atoms with Gasteiger partial charge in [-0.3, -0.25) is 0 Å². The molecule has 0 amide bonds. The van der Waals surface area contributed by atoms with Crippen molar-refractivity contribution >= 4 is 39.2 Å². The van der Waals surface area contributed by atoms with Gasteiger partial charge in [-0.15, -0.1) is 0 Å². The first-order chi connectivity index (χ1) is 8.45. The average Bonchev–Trinajstić information content (AvgIpc) is 2.26. The molecule has 0 saturated carbocycles. The first-order valence-electron chi connectivity index (χ1n) is 5.26. The predicted molar refractivity (Wildman–Crippen MR) is 73.6 cm³/mol. The van der Waals surface area contributed by atoms with E-state index in [1.54, 1.807) is 13.0 Å². The molecule has 0 aliphatic carbocycles. The number of anilines is 1. The van der Waals surface area contributed by atoms with Crippen LogP contribution in [0.5, 0.6) is 0 Å². The number of nitrogens with one attached hydrogen (secondary N) is 1. The summed E-state index contributed by atoms with van der Waals surface area (Å²) in [6.07, 6.45) is 2.00. The van der Waals surface area contributed by atoms with Crippen molar-refractivity contribution in [1.29, 1.82) is 0 Å². The first kappa shape index (κ1) is 15.0. The molecule has 0 unspecified atom stereocenters. The molecule has 0 radical (unpaired) electrons. The molecule has 98 valence electrons. The van der Waals surface area contributed by atoms with Gasteiger partial charge in [0.1, 0.15) is 5.82 Å². The van der Waals surface area contributed by atoms with Crippen LogP contribution in [0.15, 0.2) is 28.3 Å². The van der Waals surface area contributed by atoms with Crippen LogP contribution in [0.25, 0.3) is 0 Å². The van der Waals surface area contributed by atoms with Gasteiger partial charge in [0.15, 0.2) is 0 Å². The fourth-order valence-corrected chi connectivity index (χ4v) is 2.33. The van der Waals surface area contributed by atoms with Gasteiger partial charge < -0.3 is 10.4 Å². The molecule has 3 nitrogen and oxygen atoms in total. The van der Waals surface area contributed by atoms with Crippen LogP contribution in [0.1, 0.15) is 13.3 Å². The van der Waals surface area contributed by atoms with Crippen molar-refractivity contribution in [3.63, 3.8) is 0 Å². The molecule has 0 aliphatic rings. The van der Waals surface area contributed by atoms with Gasteiger partial charge in [0.2, 0.25) is 0 Å². The third kappa shape index (κ3) is 3.99. The Hall–Kier alpha value is -1.07. The number of hydrogen-bond acceptors (Lipinski definition) is 2. The van der Waals surface area contributed by atoms with Crippen LogP contribution in [0, 0.1) is 5.82 Å². The molecule has 6 heteroatoms. The van der Waals surface area contributed by atoms with Crippen LogP contribution in [-0.4, -0.2) is 17.6 Å². The SMILES string of the molecule is CCC(=CCNc1c(Cl)cc(F)cc1Br)C(=O)O. The first-order valence-corrected chi connectivity index (χ1v) is 6.43. The van der Waals surface area contributed by atoms with Crippen molar-refractivity contribution < 1.29 is 14.3 Å². The lowest BCUT2D eigenvalue weighted by molar-refractivity contribution is -0.132. The second-order valence-electron chi connectivity index (χ2n) is 3.51. The van der Waals surface area contributed by atoms with E-state index in [9.17, 15) is 9.18 Å². The van der Waals surface area contributed by atoms with Crippen LogP contribution in [0.3, 0.4) is 0 Å². The minimum atomic E-state index is -0.941. The Bertz CT molecular complexity index is 468. The van der Waals surface area contributed by atoms with E-state index in [4.69, 9.17) is 16.7 Å². The predicted octanol–water partition coefficient (Wildman–Crippen LogP) is 4.07. The van der Waals surface area contributed by atoms with E-state index >= 15 is 0 Å². The number of benzene rings is 1. The second kappa shape index (κ2) is 6.75. The fourth-order valence-electron chi connectivity index (χ4n) is 1.37. The highest BCUT2D eigenvalue weighted by molar-refractivity contribution is 9.10. The summed E-state index contributed by atoms with van der Waals surface area (Å²) in [5.41, 5.74) is 0.854. The number of carbonyl (C=O) groups is 1. The van der Waals surface area contributed by atoms with Crippen LogP contribution >= 0.6 is 27.5 Å². The molecule has 0 aliphatic heterocycles. The van der Waals surface area contributed by atoms with E-state index in [2.05, 4.69) is 21.2 Å². The summed E-state index contributed by atoms with van der Waals surface area (Å²) < 4.78 is 13.5. The third-order valence-electron chi connectivity index (χ3n) is 2.29. The summed E-state index contributed by atoms with van der Waals surface area (Å²) in [5.74, 6) is -1.38. The van der Waals surface area contributed by atoms with Gasteiger partial charge in [0, 0.05) is 16.6 Å². The summed E-state index contributed by atoms with van der Waals surface area (Å²) in [6.45, 7) is 2.07. The Kier molecular flexibility index (Phi) is 5.62. The summed E-state index contributed by atoms with van der Waals surface area (Å²) in [7, 11) is 0. The topological polar surface area (TPSA) is 49.3 Å². The van der Waals surface area contributed by atoms with Gasteiger partial charge in [0.05, 0.1) is 10.7 Å². The Labute approximate surface area is 118 Å².